The molecule has 0 bridgehead atoms. The molecule has 1 aliphatic carbocycles. The molecule has 142 valence electrons. The van der Waals surface area contributed by atoms with Gasteiger partial charge in [0.25, 0.3) is 0 Å². The van der Waals surface area contributed by atoms with Gasteiger partial charge in [0, 0.05) is 5.92 Å². The Bertz CT molecular complexity index is 529. The number of ether oxygens (including phenoxy) is 3. The monoisotopic (exact) mass is 355 g/mol. The van der Waals surface area contributed by atoms with Gasteiger partial charge >= 0.3 is 18.2 Å². The Balaban J connectivity index is 3.29. The minimum atomic E-state index is -1.47. The standard InChI is InChI=1S/C18H29NO6/c1-9-12-11-18(12,13(20)23-10-2)19(14(21)24-16(3,4)5)15(22)25-17(6,7)8/h9,12H,1,10-11H2,2-8H3/t12-,18-/m1/s1. The second kappa shape index (κ2) is 7.06. The van der Waals surface area contributed by atoms with Crippen molar-refractivity contribution in [2.75, 3.05) is 6.61 Å². The second-order valence-corrected chi connectivity index (χ2v) is 7.99. The SMILES string of the molecule is C=C[C@@H]1C[C@@]1(C(=O)OCC)N(C(=O)OC(C)(C)C)C(=O)OC(C)(C)C. The fourth-order valence-electron chi connectivity index (χ4n) is 2.41. The van der Waals surface area contributed by atoms with Crippen molar-refractivity contribution < 1.29 is 28.6 Å². The average Bonchev–Trinajstić information content (AvgIpc) is 3.10. The summed E-state index contributed by atoms with van der Waals surface area (Å²) < 4.78 is 15.8. The largest absolute Gasteiger partial charge is 0.464 e. The van der Waals surface area contributed by atoms with Crippen molar-refractivity contribution in [2.24, 2.45) is 5.92 Å². The molecule has 0 aromatic carbocycles. The van der Waals surface area contributed by atoms with E-state index < -0.39 is 40.8 Å². The number of hydrogen-bond acceptors (Lipinski definition) is 6. The molecule has 0 spiro atoms. The van der Waals surface area contributed by atoms with Crippen molar-refractivity contribution in [3.63, 3.8) is 0 Å². The summed E-state index contributed by atoms with van der Waals surface area (Å²) in [5.41, 5.74) is -3.15. The third-order valence-corrected chi connectivity index (χ3v) is 3.45. The van der Waals surface area contributed by atoms with Crippen molar-refractivity contribution in [1.29, 1.82) is 0 Å². The van der Waals surface area contributed by atoms with Crippen LogP contribution in [0.15, 0.2) is 12.7 Å². The van der Waals surface area contributed by atoms with Crippen molar-refractivity contribution in [2.45, 2.75) is 71.6 Å². The number of amides is 2. The minimum Gasteiger partial charge on any atom is -0.464 e. The third kappa shape index (κ3) is 4.96. The highest BCUT2D eigenvalue weighted by Gasteiger charge is 2.68. The van der Waals surface area contributed by atoms with Crippen molar-refractivity contribution in [3.8, 4) is 0 Å². The van der Waals surface area contributed by atoms with Crippen LogP contribution < -0.4 is 0 Å². The molecule has 1 fully saturated rings. The molecule has 2 amide bonds. The topological polar surface area (TPSA) is 82.1 Å². The lowest BCUT2D eigenvalue weighted by molar-refractivity contribution is -0.151. The molecule has 1 saturated carbocycles. The summed E-state index contributed by atoms with van der Waals surface area (Å²) in [5.74, 6) is -1.08. The van der Waals surface area contributed by atoms with Crippen molar-refractivity contribution >= 4 is 18.2 Å². The highest BCUT2D eigenvalue weighted by atomic mass is 16.6. The molecule has 0 radical (unpaired) electrons. The number of carbonyl (C=O) groups excluding carboxylic acids is 3. The fraction of sp³-hybridized carbons (Fsp3) is 0.722. The van der Waals surface area contributed by atoms with Gasteiger partial charge in [-0.15, -0.1) is 6.58 Å². The highest BCUT2D eigenvalue weighted by molar-refractivity contribution is 5.99. The van der Waals surface area contributed by atoms with E-state index in [2.05, 4.69) is 6.58 Å². The van der Waals surface area contributed by atoms with Gasteiger partial charge in [-0.3, -0.25) is 0 Å². The van der Waals surface area contributed by atoms with Crippen LogP contribution in [-0.4, -0.2) is 46.4 Å². The maximum absolute atomic E-state index is 12.7. The maximum Gasteiger partial charge on any atom is 0.420 e. The number of rotatable bonds is 4. The summed E-state index contributed by atoms with van der Waals surface area (Å²) in [6.07, 6.45) is -0.134. The molecular formula is C18H29NO6. The normalized spacial score (nSPS) is 22.6. The molecule has 0 saturated heterocycles. The van der Waals surface area contributed by atoms with Gasteiger partial charge in [-0.25, -0.2) is 14.4 Å². The van der Waals surface area contributed by atoms with Crippen LogP contribution in [0.25, 0.3) is 0 Å². The zero-order valence-corrected chi connectivity index (χ0v) is 16.2. The van der Waals surface area contributed by atoms with E-state index in [1.54, 1.807) is 48.5 Å². The smallest absolute Gasteiger partial charge is 0.420 e. The molecule has 0 aliphatic heterocycles. The van der Waals surface area contributed by atoms with Crippen LogP contribution in [-0.2, 0) is 19.0 Å². The van der Waals surface area contributed by atoms with E-state index in [4.69, 9.17) is 14.2 Å². The molecular weight excluding hydrogens is 326 g/mol. The Morgan fingerprint density at radius 2 is 1.52 bits per heavy atom. The van der Waals surface area contributed by atoms with Crippen LogP contribution in [0.4, 0.5) is 9.59 Å². The molecule has 2 atom stereocenters. The molecule has 0 aromatic rings. The van der Waals surface area contributed by atoms with E-state index >= 15 is 0 Å². The second-order valence-electron chi connectivity index (χ2n) is 7.99. The quantitative estimate of drug-likeness (QED) is 0.435. The number of carbonyl (C=O) groups is 3. The van der Waals surface area contributed by atoms with E-state index in [1.165, 1.54) is 6.08 Å². The molecule has 7 nitrogen and oxygen atoms in total. The van der Waals surface area contributed by atoms with Gasteiger partial charge in [-0.2, -0.15) is 4.90 Å². The van der Waals surface area contributed by atoms with Gasteiger partial charge in [-0.05, 0) is 54.9 Å². The van der Waals surface area contributed by atoms with E-state index in [0.29, 0.717) is 0 Å². The first kappa shape index (κ1) is 21.0. The summed E-state index contributed by atoms with van der Waals surface area (Å²) in [7, 11) is 0. The zero-order valence-electron chi connectivity index (χ0n) is 16.2. The lowest BCUT2D eigenvalue weighted by atomic mass is 10.1. The van der Waals surface area contributed by atoms with Crippen LogP contribution in [0.3, 0.4) is 0 Å². The summed E-state index contributed by atoms with van der Waals surface area (Å²) >= 11 is 0. The van der Waals surface area contributed by atoms with E-state index in [-0.39, 0.29) is 13.0 Å². The lowest BCUT2D eigenvalue weighted by Gasteiger charge is -2.33. The molecule has 7 heteroatoms. The van der Waals surface area contributed by atoms with E-state index in [0.717, 1.165) is 4.90 Å². The maximum atomic E-state index is 12.7. The molecule has 0 unspecified atom stereocenters. The Hall–Kier alpha value is -2.05. The van der Waals surface area contributed by atoms with Gasteiger partial charge in [0.05, 0.1) is 6.61 Å². The highest BCUT2D eigenvalue weighted by Crippen LogP contribution is 2.51. The van der Waals surface area contributed by atoms with Crippen molar-refractivity contribution in [3.05, 3.63) is 12.7 Å². The fourth-order valence-corrected chi connectivity index (χ4v) is 2.41. The van der Waals surface area contributed by atoms with E-state index in [1.807, 2.05) is 0 Å². The van der Waals surface area contributed by atoms with Gasteiger partial charge < -0.3 is 14.2 Å². The van der Waals surface area contributed by atoms with Crippen molar-refractivity contribution in [1.82, 2.24) is 4.90 Å². The summed E-state index contributed by atoms with van der Waals surface area (Å²) in [4.78, 5) is 38.7. The van der Waals surface area contributed by atoms with E-state index in [9.17, 15) is 14.4 Å². The van der Waals surface area contributed by atoms with Gasteiger partial charge in [0.15, 0.2) is 5.54 Å². The van der Waals surface area contributed by atoms with Crippen LogP contribution >= 0.6 is 0 Å². The number of hydrogen-bond donors (Lipinski definition) is 0. The van der Waals surface area contributed by atoms with Crippen LogP contribution in [0.2, 0.25) is 0 Å². The van der Waals surface area contributed by atoms with Crippen LogP contribution in [0, 0.1) is 5.92 Å². The summed E-state index contributed by atoms with van der Waals surface area (Å²) in [5, 5.41) is 0. The molecule has 1 rings (SSSR count). The summed E-state index contributed by atoms with van der Waals surface area (Å²) in [6.45, 7) is 15.5. The molecule has 1 aliphatic rings. The predicted octanol–water partition coefficient (Wildman–Crippen LogP) is 3.67. The Kier molecular flexibility index (Phi) is 5.93. The summed E-state index contributed by atoms with van der Waals surface area (Å²) in [6, 6.07) is 0. The number of nitrogens with zero attached hydrogens (tertiary/aromatic N) is 1. The Labute approximate surface area is 149 Å². The number of esters is 1. The molecule has 0 N–H and O–H groups in total. The van der Waals surface area contributed by atoms with Gasteiger partial charge in [0.1, 0.15) is 11.2 Å². The Morgan fingerprint density at radius 1 is 1.08 bits per heavy atom. The predicted molar refractivity (Wildman–Crippen MR) is 92.0 cm³/mol. The van der Waals surface area contributed by atoms with Crippen LogP contribution in [0.5, 0.6) is 0 Å². The zero-order chi connectivity index (χ0) is 19.6. The minimum absolute atomic E-state index is 0.126. The first-order valence-electron chi connectivity index (χ1n) is 8.34. The average molecular weight is 355 g/mol. The first-order valence-corrected chi connectivity index (χ1v) is 8.34. The van der Waals surface area contributed by atoms with Gasteiger partial charge in [0.2, 0.25) is 0 Å². The number of imide groups is 1. The van der Waals surface area contributed by atoms with Gasteiger partial charge in [-0.1, -0.05) is 6.08 Å². The van der Waals surface area contributed by atoms with Crippen LogP contribution in [0.1, 0.15) is 54.9 Å². The molecule has 25 heavy (non-hydrogen) atoms. The first-order chi connectivity index (χ1) is 11.3. The third-order valence-electron chi connectivity index (χ3n) is 3.45. The molecule has 0 heterocycles. The lowest BCUT2D eigenvalue weighted by Crippen LogP contribution is -2.55. The molecule has 0 aromatic heterocycles. The Morgan fingerprint density at radius 3 is 1.80 bits per heavy atom.